The van der Waals surface area contributed by atoms with Crippen LogP contribution in [0.25, 0.3) is 0 Å². The van der Waals surface area contributed by atoms with Crippen LogP contribution in [0.1, 0.15) is 20.8 Å². The SMILES string of the molecule is CCOC(=O)CN(c1nc(OC)ccc1[N+](=O)[O-])C(C)C. The maximum absolute atomic E-state index is 11.7. The fraction of sp³-hybridized carbons (Fsp3) is 0.538. The van der Waals surface area contributed by atoms with E-state index in [2.05, 4.69) is 4.98 Å². The monoisotopic (exact) mass is 297 g/mol. The lowest BCUT2D eigenvalue weighted by Gasteiger charge is -2.26. The predicted molar refractivity (Wildman–Crippen MR) is 76.6 cm³/mol. The van der Waals surface area contributed by atoms with Crippen molar-refractivity contribution in [1.82, 2.24) is 4.98 Å². The van der Waals surface area contributed by atoms with Crippen LogP contribution in [-0.2, 0) is 9.53 Å². The van der Waals surface area contributed by atoms with Gasteiger partial charge in [-0.1, -0.05) is 0 Å². The quantitative estimate of drug-likeness (QED) is 0.430. The van der Waals surface area contributed by atoms with Crippen LogP contribution < -0.4 is 9.64 Å². The van der Waals surface area contributed by atoms with E-state index in [1.165, 1.54) is 24.1 Å². The molecule has 1 heterocycles. The van der Waals surface area contributed by atoms with E-state index in [1.807, 2.05) is 13.8 Å². The normalized spacial score (nSPS) is 10.3. The first-order valence-electron chi connectivity index (χ1n) is 6.52. The lowest BCUT2D eigenvalue weighted by molar-refractivity contribution is -0.384. The molecule has 1 aromatic rings. The van der Waals surface area contributed by atoms with Gasteiger partial charge in [-0.25, -0.2) is 0 Å². The molecule has 116 valence electrons. The van der Waals surface area contributed by atoms with Crippen molar-refractivity contribution in [3.8, 4) is 5.88 Å². The number of hydrogen-bond donors (Lipinski definition) is 0. The Morgan fingerprint density at radius 1 is 1.48 bits per heavy atom. The van der Waals surface area contributed by atoms with Crippen LogP contribution in [0.5, 0.6) is 5.88 Å². The van der Waals surface area contributed by atoms with E-state index in [0.717, 1.165) is 0 Å². The minimum atomic E-state index is -0.539. The Morgan fingerprint density at radius 2 is 2.14 bits per heavy atom. The number of nitrogens with zero attached hydrogens (tertiary/aromatic N) is 3. The molecule has 0 atom stereocenters. The number of aromatic nitrogens is 1. The van der Waals surface area contributed by atoms with Gasteiger partial charge in [0, 0.05) is 18.2 Å². The van der Waals surface area contributed by atoms with Gasteiger partial charge in [-0.05, 0) is 20.8 Å². The van der Waals surface area contributed by atoms with Crippen molar-refractivity contribution in [3.05, 3.63) is 22.2 Å². The van der Waals surface area contributed by atoms with E-state index in [4.69, 9.17) is 9.47 Å². The Kier molecular flexibility index (Phi) is 5.89. The van der Waals surface area contributed by atoms with Crippen molar-refractivity contribution in [1.29, 1.82) is 0 Å². The van der Waals surface area contributed by atoms with Gasteiger partial charge in [-0.15, -0.1) is 0 Å². The first-order valence-corrected chi connectivity index (χ1v) is 6.52. The highest BCUT2D eigenvalue weighted by atomic mass is 16.6. The molecule has 1 aromatic heterocycles. The summed E-state index contributed by atoms with van der Waals surface area (Å²) in [6.07, 6.45) is 0. The van der Waals surface area contributed by atoms with Crippen molar-refractivity contribution in [3.63, 3.8) is 0 Å². The Balaban J connectivity index is 3.22. The van der Waals surface area contributed by atoms with Crippen molar-refractivity contribution in [2.45, 2.75) is 26.8 Å². The maximum Gasteiger partial charge on any atom is 0.325 e. The van der Waals surface area contributed by atoms with Gasteiger partial charge in [-0.3, -0.25) is 14.9 Å². The van der Waals surface area contributed by atoms with Crippen LogP contribution in [0, 0.1) is 10.1 Å². The second kappa shape index (κ2) is 7.41. The number of esters is 1. The van der Waals surface area contributed by atoms with Gasteiger partial charge in [0.05, 0.1) is 18.6 Å². The number of ether oxygens (including phenoxy) is 2. The van der Waals surface area contributed by atoms with E-state index >= 15 is 0 Å². The Labute approximate surface area is 122 Å². The van der Waals surface area contributed by atoms with Gasteiger partial charge < -0.3 is 14.4 Å². The number of rotatable bonds is 7. The fourth-order valence-corrected chi connectivity index (χ4v) is 1.74. The lowest BCUT2D eigenvalue weighted by atomic mass is 10.2. The molecule has 0 N–H and O–H groups in total. The third kappa shape index (κ3) is 4.30. The number of carbonyl (C=O) groups is 1. The molecule has 0 saturated heterocycles. The van der Waals surface area contributed by atoms with Crippen LogP contribution in [0.2, 0.25) is 0 Å². The molecule has 0 radical (unpaired) electrons. The third-order valence-corrected chi connectivity index (χ3v) is 2.73. The van der Waals surface area contributed by atoms with Crippen LogP contribution in [0.15, 0.2) is 12.1 Å². The fourth-order valence-electron chi connectivity index (χ4n) is 1.74. The topological polar surface area (TPSA) is 94.8 Å². The average molecular weight is 297 g/mol. The van der Waals surface area contributed by atoms with Gasteiger partial charge in [0.15, 0.2) is 0 Å². The summed E-state index contributed by atoms with van der Waals surface area (Å²) in [7, 11) is 1.42. The third-order valence-electron chi connectivity index (χ3n) is 2.73. The summed E-state index contributed by atoms with van der Waals surface area (Å²) in [5, 5.41) is 11.1. The summed E-state index contributed by atoms with van der Waals surface area (Å²) in [6, 6.07) is 2.54. The zero-order valence-electron chi connectivity index (χ0n) is 12.5. The van der Waals surface area contributed by atoms with E-state index in [9.17, 15) is 14.9 Å². The highest BCUT2D eigenvalue weighted by molar-refractivity contribution is 5.77. The van der Waals surface area contributed by atoms with Gasteiger partial charge in [0.1, 0.15) is 6.54 Å². The van der Waals surface area contributed by atoms with Crippen molar-refractivity contribution in [2.75, 3.05) is 25.2 Å². The molecule has 8 nitrogen and oxygen atoms in total. The maximum atomic E-state index is 11.7. The minimum absolute atomic E-state index is 0.0856. The first kappa shape index (κ1) is 16.7. The highest BCUT2D eigenvalue weighted by Crippen LogP contribution is 2.29. The second-order valence-corrected chi connectivity index (χ2v) is 4.48. The number of carbonyl (C=O) groups excluding carboxylic acids is 1. The van der Waals surface area contributed by atoms with Crippen LogP contribution >= 0.6 is 0 Å². The minimum Gasteiger partial charge on any atom is -0.481 e. The molecular formula is C13H19N3O5. The molecule has 0 aliphatic rings. The summed E-state index contributed by atoms with van der Waals surface area (Å²) in [6.45, 7) is 5.45. The summed E-state index contributed by atoms with van der Waals surface area (Å²) in [5.41, 5.74) is -0.186. The van der Waals surface area contributed by atoms with Crippen molar-refractivity contribution >= 4 is 17.5 Å². The van der Waals surface area contributed by atoms with Crippen LogP contribution in [-0.4, -0.2) is 42.2 Å². The van der Waals surface area contributed by atoms with E-state index < -0.39 is 10.9 Å². The molecule has 8 heteroatoms. The summed E-state index contributed by atoms with van der Waals surface area (Å²) in [4.78, 5) is 27.9. The number of pyridine rings is 1. The van der Waals surface area contributed by atoms with Crippen molar-refractivity contribution in [2.24, 2.45) is 0 Å². The molecule has 0 fully saturated rings. The van der Waals surface area contributed by atoms with Crippen molar-refractivity contribution < 1.29 is 19.2 Å². The van der Waals surface area contributed by atoms with E-state index in [0.29, 0.717) is 0 Å². The van der Waals surface area contributed by atoms with Crippen LogP contribution in [0.4, 0.5) is 11.5 Å². The molecular weight excluding hydrogens is 278 g/mol. The van der Waals surface area contributed by atoms with Gasteiger partial charge in [-0.2, -0.15) is 4.98 Å². The zero-order chi connectivity index (χ0) is 16.0. The van der Waals surface area contributed by atoms with Gasteiger partial charge >= 0.3 is 11.7 Å². The molecule has 0 aromatic carbocycles. The smallest absolute Gasteiger partial charge is 0.325 e. The molecule has 0 aliphatic heterocycles. The summed E-state index contributed by atoms with van der Waals surface area (Å²) in [5.74, 6) is -0.141. The van der Waals surface area contributed by atoms with Crippen LogP contribution in [0.3, 0.4) is 0 Å². The standard InChI is InChI=1S/C13H19N3O5/c1-5-21-12(17)8-15(9(2)3)13-10(16(18)19)6-7-11(14-13)20-4/h6-7,9H,5,8H2,1-4H3. The molecule has 21 heavy (non-hydrogen) atoms. The average Bonchev–Trinajstić information content (AvgIpc) is 2.44. The number of hydrogen-bond acceptors (Lipinski definition) is 7. The Bertz CT molecular complexity index is 519. The summed E-state index contributed by atoms with van der Waals surface area (Å²) < 4.78 is 9.89. The Morgan fingerprint density at radius 3 is 2.62 bits per heavy atom. The van der Waals surface area contributed by atoms with Gasteiger partial charge in [0.2, 0.25) is 11.7 Å². The lowest BCUT2D eigenvalue weighted by Crippen LogP contribution is -2.37. The zero-order valence-corrected chi connectivity index (χ0v) is 12.5. The predicted octanol–water partition coefficient (Wildman–Crippen LogP) is 1.78. The molecule has 0 bridgehead atoms. The number of methoxy groups -OCH3 is 1. The number of nitro groups is 1. The van der Waals surface area contributed by atoms with E-state index in [-0.39, 0.29) is 36.6 Å². The highest BCUT2D eigenvalue weighted by Gasteiger charge is 2.26. The number of anilines is 1. The molecule has 0 spiro atoms. The molecule has 0 unspecified atom stereocenters. The first-order chi connectivity index (χ1) is 9.90. The molecule has 0 saturated carbocycles. The largest absolute Gasteiger partial charge is 0.481 e. The Hall–Kier alpha value is -2.38. The molecule has 0 amide bonds. The molecule has 1 rings (SSSR count). The molecule has 0 aliphatic carbocycles. The summed E-state index contributed by atoms with van der Waals surface area (Å²) >= 11 is 0. The second-order valence-electron chi connectivity index (χ2n) is 4.48. The van der Waals surface area contributed by atoms with E-state index in [1.54, 1.807) is 6.92 Å². The van der Waals surface area contributed by atoms with Gasteiger partial charge in [0.25, 0.3) is 0 Å².